The lowest BCUT2D eigenvalue weighted by atomic mass is 9.96. The molecule has 0 unspecified atom stereocenters. The molecule has 2 aliphatic rings. The normalized spacial score (nSPS) is 18.0. The lowest BCUT2D eigenvalue weighted by molar-refractivity contribution is 0.178. The molecule has 154 valence electrons. The number of nitrogens with zero attached hydrogens (tertiary/aromatic N) is 3. The zero-order chi connectivity index (χ0) is 20.1. The Hall–Kier alpha value is -2.53. The molecule has 2 aromatic rings. The zero-order valence-electron chi connectivity index (χ0n) is 17.6. The van der Waals surface area contributed by atoms with E-state index >= 15 is 0 Å². The SMILES string of the molecule is CN=C(NCC1CCN(Cc2ccc(OC)cc2)CC1)N1CCc2ccccc21. The van der Waals surface area contributed by atoms with Crippen molar-refractivity contribution in [2.45, 2.75) is 25.8 Å². The van der Waals surface area contributed by atoms with Gasteiger partial charge in [-0.3, -0.25) is 9.89 Å². The van der Waals surface area contributed by atoms with Crippen molar-refractivity contribution < 1.29 is 4.74 Å². The van der Waals surface area contributed by atoms with E-state index in [0.29, 0.717) is 5.92 Å². The van der Waals surface area contributed by atoms with Gasteiger partial charge in [0.1, 0.15) is 5.75 Å². The van der Waals surface area contributed by atoms with E-state index in [4.69, 9.17) is 4.74 Å². The minimum Gasteiger partial charge on any atom is -0.497 e. The molecule has 0 aromatic heterocycles. The maximum absolute atomic E-state index is 5.25. The second-order valence-electron chi connectivity index (χ2n) is 8.03. The molecular weight excluding hydrogens is 360 g/mol. The van der Waals surface area contributed by atoms with Crippen LogP contribution in [-0.4, -0.2) is 51.2 Å². The number of guanidine groups is 1. The number of nitrogens with one attached hydrogen (secondary N) is 1. The Kier molecular flexibility index (Phi) is 6.35. The molecule has 2 heterocycles. The van der Waals surface area contributed by atoms with Crippen LogP contribution in [0.3, 0.4) is 0 Å². The largest absolute Gasteiger partial charge is 0.497 e. The summed E-state index contributed by atoms with van der Waals surface area (Å²) in [4.78, 5) is 9.44. The van der Waals surface area contributed by atoms with Crippen LogP contribution in [0.5, 0.6) is 5.75 Å². The number of fused-ring (bicyclic) bond motifs is 1. The number of hydrogen-bond acceptors (Lipinski definition) is 3. The molecule has 4 rings (SSSR count). The van der Waals surface area contributed by atoms with Gasteiger partial charge in [-0.05, 0) is 67.6 Å². The number of aliphatic imine (C=N–C) groups is 1. The summed E-state index contributed by atoms with van der Waals surface area (Å²) < 4.78 is 5.25. The zero-order valence-corrected chi connectivity index (χ0v) is 17.6. The Bertz CT molecular complexity index is 825. The third kappa shape index (κ3) is 4.73. The topological polar surface area (TPSA) is 40.1 Å². The van der Waals surface area contributed by atoms with Gasteiger partial charge in [-0.2, -0.15) is 0 Å². The van der Waals surface area contributed by atoms with E-state index in [1.165, 1.54) is 29.7 Å². The summed E-state index contributed by atoms with van der Waals surface area (Å²) in [6.07, 6.45) is 3.56. The number of likely N-dealkylation sites (tertiary alicyclic amines) is 1. The number of rotatable bonds is 5. The van der Waals surface area contributed by atoms with Crippen LogP contribution in [0.25, 0.3) is 0 Å². The fourth-order valence-corrected chi connectivity index (χ4v) is 4.43. The van der Waals surface area contributed by atoms with Gasteiger partial charge < -0.3 is 15.0 Å². The van der Waals surface area contributed by atoms with Gasteiger partial charge in [-0.1, -0.05) is 30.3 Å². The molecule has 1 N–H and O–H groups in total. The lowest BCUT2D eigenvalue weighted by Gasteiger charge is -2.33. The van der Waals surface area contributed by atoms with E-state index in [0.717, 1.165) is 50.9 Å². The molecule has 0 radical (unpaired) electrons. The van der Waals surface area contributed by atoms with Gasteiger partial charge in [0, 0.05) is 32.4 Å². The first-order chi connectivity index (χ1) is 14.3. The monoisotopic (exact) mass is 392 g/mol. The van der Waals surface area contributed by atoms with Crippen molar-refractivity contribution in [1.82, 2.24) is 10.2 Å². The molecule has 0 atom stereocenters. The molecule has 29 heavy (non-hydrogen) atoms. The summed E-state index contributed by atoms with van der Waals surface area (Å²) in [6, 6.07) is 17.1. The minimum absolute atomic E-state index is 0.705. The molecule has 0 amide bonds. The van der Waals surface area contributed by atoms with Gasteiger partial charge in [0.05, 0.1) is 7.11 Å². The van der Waals surface area contributed by atoms with Gasteiger partial charge in [0.15, 0.2) is 5.96 Å². The minimum atomic E-state index is 0.705. The molecule has 1 saturated heterocycles. The maximum Gasteiger partial charge on any atom is 0.198 e. The third-order valence-electron chi connectivity index (χ3n) is 6.18. The second-order valence-corrected chi connectivity index (χ2v) is 8.03. The smallest absolute Gasteiger partial charge is 0.198 e. The molecule has 0 aliphatic carbocycles. The van der Waals surface area contributed by atoms with Crippen molar-refractivity contribution in [1.29, 1.82) is 0 Å². The van der Waals surface area contributed by atoms with E-state index < -0.39 is 0 Å². The number of ether oxygens (including phenoxy) is 1. The van der Waals surface area contributed by atoms with Crippen molar-refractivity contribution in [3.8, 4) is 5.75 Å². The number of piperidine rings is 1. The van der Waals surface area contributed by atoms with E-state index in [2.05, 4.69) is 56.5 Å². The van der Waals surface area contributed by atoms with Crippen LogP contribution in [0.2, 0.25) is 0 Å². The summed E-state index contributed by atoms with van der Waals surface area (Å²) in [5.41, 5.74) is 4.08. The first-order valence-corrected chi connectivity index (χ1v) is 10.7. The van der Waals surface area contributed by atoms with Crippen LogP contribution in [0.1, 0.15) is 24.0 Å². The van der Waals surface area contributed by atoms with E-state index in [9.17, 15) is 0 Å². The Morgan fingerprint density at radius 1 is 1.07 bits per heavy atom. The van der Waals surface area contributed by atoms with Crippen LogP contribution >= 0.6 is 0 Å². The Morgan fingerprint density at radius 2 is 1.83 bits per heavy atom. The van der Waals surface area contributed by atoms with Crippen LogP contribution < -0.4 is 15.0 Å². The molecule has 0 spiro atoms. The van der Waals surface area contributed by atoms with Crippen LogP contribution in [0.4, 0.5) is 5.69 Å². The standard InChI is InChI=1S/C24H32N4O/c1-25-24(28-16-13-21-5-3-4-6-23(21)28)26-17-19-11-14-27(15-12-19)18-20-7-9-22(29-2)10-8-20/h3-10,19H,11-18H2,1-2H3,(H,25,26). The Balaban J connectivity index is 1.24. The van der Waals surface area contributed by atoms with Crippen molar-refractivity contribution in [3.63, 3.8) is 0 Å². The van der Waals surface area contributed by atoms with E-state index in [1.54, 1.807) is 7.11 Å². The summed E-state index contributed by atoms with van der Waals surface area (Å²) in [5, 5.41) is 3.64. The number of benzene rings is 2. The van der Waals surface area contributed by atoms with Crippen molar-refractivity contribution in [2.75, 3.05) is 45.2 Å². The van der Waals surface area contributed by atoms with Gasteiger partial charge in [0.2, 0.25) is 0 Å². The van der Waals surface area contributed by atoms with Crippen LogP contribution in [-0.2, 0) is 13.0 Å². The molecule has 0 bridgehead atoms. The summed E-state index contributed by atoms with van der Waals surface area (Å²) in [7, 11) is 3.60. The van der Waals surface area contributed by atoms with E-state index in [-0.39, 0.29) is 0 Å². The summed E-state index contributed by atoms with van der Waals surface area (Å²) >= 11 is 0. The first-order valence-electron chi connectivity index (χ1n) is 10.7. The van der Waals surface area contributed by atoms with Gasteiger partial charge in [-0.15, -0.1) is 0 Å². The summed E-state index contributed by atoms with van der Waals surface area (Å²) in [6.45, 7) is 5.35. The fraction of sp³-hybridized carbons (Fsp3) is 0.458. The third-order valence-corrected chi connectivity index (χ3v) is 6.18. The number of methoxy groups -OCH3 is 1. The average molecular weight is 393 g/mol. The van der Waals surface area contributed by atoms with Crippen molar-refractivity contribution in [2.24, 2.45) is 10.9 Å². The molecule has 5 nitrogen and oxygen atoms in total. The number of para-hydroxylation sites is 1. The van der Waals surface area contributed by atoms with Crippen LogP contribution in [0.15, 0.2) is 53.5 Å². The maximum atomic E-state index is 5.25. The molecule has 1 fully saturated rings. The molecule has 5 heteroatoms. The first kappa shape index (κ1) is 19.8. The fourth-order valence-electron chi connectivity index (χ4n) is 4.43. The Morgan fingerprint density at radius 3 is 2.55 bits per heavy atom. The lowest BCUT2D eigenvalue weighted by Crippen LogP contribution is -2.44. The van der Waals surface area contributed by atoms with Gasteiger partial charge in [0.25, 0.3) is 0 Å². The summed E-state index contributed by atoms with van der Waals surface area (Å²) in [5.74, 6) is 2.64. The average Bonchev–Trinajstić information content (AvgIpc) is 3.20. The molecule has 2 aliphatic heterocycles. The highest BCUT2D eigenvalue weighted by Gasteiger charge is 2.24. The number of hydrogen-bond donors (Lipinski definition) is 1. The predicted octanol–water partition coefficient (Wildman–Crippen LogP) is 3.55. The van der Waals surface area contributed by atoms with Gasteiger partial charge >= 0.3 is 0 Å². The van der Waals surface area contributed by atoms with Crippen LogP contribution in [0, 0.1) is 5.92 Å². The number of anilines is 1. The van der Waals surface area contributed by atoms with Crippen molar-refractivity contribution in [3.05, 3.63) is 59.7 Å². The highest BCUT2D eigenvalue weighted by atomic mass is 16.5. The van der Waals surface area contributed by atoms with Gasteiger partial charge in [-0.25, -0.2) is 0 Å². The Labute approximate surface area is 174 Å². The van der Waals surface area contributed by atoms with Crippen molar-refractivity contribution >= 4 is 11.6 Å². The van der Waals surface area contributed by atoms with E-state index in [1.807, 2.05) is 19.2 Å². The molecule has 2 aromatic carbocycles. The second kappa shape index (κ2) is 9.31. The quantitative estimate of drug-likeness (QED) is 0.624. The predicted molar refractivity (Wildman–Crippen MR) is 120 cm³/mol. The highest BCUT2D eigenvalue weighted by molar-refractivity contribution is 5.97. The molecule has 0 saturated carbocycles. The molecular formula is C24H32N4O. The highest BCUT2D eigenvalue weighted by Crippen LogP contribution is 2.27.